The maximum Gasteiger partial charge on any atom is 0.123 e. The average molecular weight is 337 g/mol. The van der Waals surface area contributed by atoms with Gasteiger partial charge in [0, 0.05) is 41.7 Å². The number of fused-ring (bicyclic) bond motifs is 2. The van der Waals surface area contributed by atoms with Crippen LogP contribution in [0.15, 0.2) is 40.9 Å². The maximum absolute atomic E-state index is 9.88. The van der Waals surface area contributed by atoms with Crippen molar-refractivity contribution in [3.63, 3.8) is 0 Å². The summed E-state index contributed by atoms with van der Waals surface area (Å²) in [7, 11) is 3.34. The Morgan fingerprint density at radius 1 is 1.20 bits per heavy atom. The predicted molar refractivity (Wildman–Crippen MR) is 95.1 cm³/mol. The zero-order valence-corrected chi connectivity index (χ0v) is 14.9. The second-order valence-corrected chi connectivity index (χ2v) is 6.88. The van der Waals surface area contributed by atoms with Gasteiger partial charge in [-0.3, -0.25) is 0 Å². The van der Waals surface area contributed by atoms with Crippen molar-refractivity contribution in [3.05, 3.63) is 46.4 Å². The fraction of sp³-hybridized carbons (Fsp3) is 0.450. The van der Waals surface area contributed by atoms with Gasteiger partial charge in [-0.05, 0) is 38.0 Å². The first-order valence-corrected chi connectivity index (χ1v) is 8.76. The first-order chi connectivity index (χ1) is 12.2. The highest BCUT2D eigenvalue weighted by atomic mass is 16.5. The first kappa shape index (κ1) is 15.9. The molecule has 0 spiro atoms. The second kappa shape index (κ2) is 6.03. The van der Waals surface area contributed by atoms with Gasteiger partial charge in [-0.2, -0.15) is 5.26 Å². The Morgan fingerprint density at radius 2 is 1.96 bits per heavy atom. The Kier molecular flexibility index (Phi) is 3.84. The second-order valence-electron chi connectivity index (χ2n) is 6.88. The summed E-state index contributed by atoms with van der Waals surface area (Å²) in [4.78, 5) is 2.44. The highest BCUT2D eigenvalue weighted by Crippen LogP contribution is 2.49. The molecule has 0 amide bonds. The summed E-state index contributed by atoms with van der Waals surface area (Å²) < 4.78 is 11.1. The van der Waals surface area contributed by atoms with Crippen molar-refractivity contribution in [2.24, 2.45) is 5.92 Å². The van der Waals surface area contributed by atoms with Gasteiger partial charge in [0.15, 0.2) is 0 Å². The number of allylic oxidation sites excluding steroid dienone is 3. The Hall–Kier alpha value is -2.61. The summed E-state index contributed by atoms with van der Waals surface area (Å²) in [6.07, 6.45) is 2.37. The minimum Gasteiger partial charge on any atom is -0.497 e. The van der Waals surface area contributed by atoms with E-state index in [1.807, 2.05) is 25.1 Å². The van der Waals surface area contributed by atoms with Crippen LogP contribution in [0.3, 0.4) is 0 Å². The minimum absolute atomic E-state index is 0.102. The van der Waals surface area contributed by atoms with Crippen LogP contribution in [0.4, 0.5) is 0 Å². The topological polar surface area (TPSA) is 57.5 Å². The van der Waals surface area contributed by atoms with Crippen molar-refractivity contribution < 1.29 is 9.47 Å². The molecule has 5 nitrogen and oxygen atoms in total. The summed E-state index contributed by atoms with van der Waals surface area (Å²) in [5, 5.41) is 13.4. The summed E-state index contributed by atoms with van der Waals surface area (Å²) in [5.74, 6) is 2.04. The molecule has 4 aliphatic rings. The number of nitrogens with zero attached hydrogens (tertiary/aromatic N) is 2. The van der Waals surface area contributed by atoms with E-state index in [2.05, 4.69) is 16.3 Å². The quantitative estimate of drug-likeness (QED) is 0.918. The molecule has 1 fully saturated rings. The van der Waals surface area contributed by atoms with Crippen LogP contribution in [0, 0.1) is 17.2 Å². The lowest BCUT2D eigenvalue weighted by Gasteiger charge is -2.49. The van der Waals surface area contributed by atoms with Crippen LogP contribution < -0.4 is 14.8 Å². The first-order valence-electron chi connectivity index (χ1n) is 8.76. The van der Waals surface area contributed by atoms with Crippen LogP contribution in [0.1, 0.15) is 31.2 Å². The van der Waals surface area contributed by atoms with Crippen LogP contribution in [0.5, 0.6) is 11.5 Å². The number of piperidine rings is 1. The lowest BCUT2D eigenvalue weighted by atomic mass is 9.76. The monoisotopic (exact) mass is 337 g/mol. The van der Waals surface area contributed by atoms with Crippen molar-refractivity contribution in [2.75, 3.05) is 27.3 Å². The Bertz CT molecular complexity index is 811. The van der Waals surface area contributed by atoms with Gasteiger partial charge in [-0.1, -0.05) is 0 Å². The normalized spacial score (nSPS) is 22.5. The molecule has 1 aromatic carbocycles. The van der Waals surface area contributed by atoms with Gasteiger partial charge in [0.05, 0.1) is 31.8 Å². The molecule has 25 heavy (non-hydrogen) atoms. The van der Waals surface area contributed by atoms with Gasteiger partial charge in [0.25, 0.3) is 0 Å². The van der Waals surface area contributed by atoms with Gasteiger partial charge in [0.1, 0.15) is 11.5 Å². The zero-order valence-electron chi connectivity index (χ0n) is 14.9. The smallest absolute Gasteiger partial charge is 0.123 e. The van der Waals surface area contributed by atoms with E-state index in [-0.39, 0.29) is 5.92 Å². The predicted octanol–water partition coefficient (Wildman–Crippen LogP) is 3.13. The van der Waals surface area contributed by atoms with E-state index in [0.717, 1.165) is 41.4 Å². The van der Waals surface area contributed by atoms with Crippen LogP contribution in [0.25, 0.3) is 0 Å². The molecule has 0 saturated carbocycles. The molecule has 4 heterocycles. The minimum atomic E-state index is -0.102. The molecule has 0 aliphatic carbocycles. The molecule has 0 aromatic heterocycles. The lowest BCUT2D eigenvalue weighted by Crippen LogP contribution is -2.47. The summed E-state index contributed by atoms with van der Waals surface area (Å²) in [5.41, 5.74) is 5.25. The van der Waals surface area contributed by atoms with Crippen molar-refractivity contribution in [3.8, 4) is 17.6 Å². The summed E-state index contributed by atoms with van der Waals surface area (Å²) in [6, 6.07) is 8.28. The maximum atomic E-state index is 9.88. The average Bonchev–Trinajstić information content (AvgIpc) is 2.67. The highest BCUT2D eigenvalue weighted by Gasteiger charge is 2.42. The van der Waals surface area contributed by atoms with Crippen LogP contribution >= 0.6 is 0 Å². The molecule has 1 aromatic rings. The van der Waals surface area contributed by atoms with E-state index in [9.17, 15) is 5.26 Å². The van der Waals surface area contributed by atoms with Gasteiger partial charge < -0.3 is 19.7 Å². The number of dihydropyridines is 1. The van der Waals surface area contributed by atoms with Gasteiger partial charge in [-0.25, -0.2) is 0 Å². The molecule has 5 rings (SSSR count). The molecule has 130 valence electrons. The Labute approximate surface area is 148 Å². The summed E-state index contributed by atoms with van der Waals surface area (Å²) in [6.45, 7) is 4.12. The van der Waals surface area contributed by atoms with Gasteiger partial charge in [0.2, 0.25) is 0 Å². The third-order valence-electron chi connectivity index (χ3n) is 5.68. The Morgan fingerprint density at radius 3 is 2.60 bits per heavy atom. The van der Waals surface area contributed by atoms with Crippen molar-refractivity contribution in [2.45, 2.75) is 25.7 Å². The fourth-order valence-electron chi connectivity index (χ4n) is 4.43. The van der Waals surface area contributed by atoms with Crippen LogP contribution in [-0.2, 0) is 0 Å². The SMILES string of the molecule is COc1ccc(OC)c([C@@H]2C(C#N)=C(C)NC3=C2N2CCC3CC2)c1. The largest absolute Gasteiger partial charge is 0.497 e. The van der Waals surface area contributed by atoms with E-state index in [1.165, 1.54) is 24.2 Å². The Balaban J connectivity index is 1.93. The third kappa shape index (κ3) is 2.36. The number of rotatable bonds is 3. The summed E-state index contributed by atoms with van der Waals surface area (Å²) >= 11 is 0. The number of hydrogen-bond donors (Lipinski definition) is 1. The van der Waals surface area contributed by atoms with E-state index < -0.39 is 0 Å². The molecule has 1 N–H and O–H groups in total. The molecule has 1 saturated heterocycles. The fourth-order valence-corrected chi connectivity index (χ4v) is 4.43. The molecule has 4 aliphatic heterocycles. The highest BCUT2D eigenvalue weighted by molar-refractivity contribution is 5.57. The van der Waals surface area contributed by atoms with E-state index in [1.54, 1.807) is 14.2 Å². The van der Waals surface area contributed by atoms with Crippen molar-refractivity contribution >= 4 is 0 Å². The molecule has 0 unspecified atom stereocenters. The number of benzene rings is 1. The molecule has 2 bridgehead atoms. The third-order valence-corrected chi connectivity index (χ3v) is 5.68. The van der Waals surface area contributed by atoms with Crippen molar-refractivity contribution in [1.29, 1.82) is 5.26 Å². The van der Waals surface area contributed by atoms with E-state index in [0.29, 0.717) is 5.92 Å². The standard InChI is InChI=1S/C20H23N3O2/c1-12-16(11-21)18(15-10-14(24-2)4-5-17(15)25-3)20-19(22-12)13-6-8-23(20)9-7-13/h4-5,10,13,18,22H,6-9H2,1-3H3/t18-/m1/s1. The zero-order chi connectivity index (χ0) is 17.6. The number of nitriles is 1. The van der Waals surface area contributed by atoms with Gasteiger partial charge in [-0.15, -0.1) is 0 Å². The van der Waals surface area contributed by atoms with Crippen molar-refractivity contribution in [1.82, 2.24) is 10.2 Å². The van der Waals surface area contributed by atoms with Gasteiger partial charge >= 0.3 is 0 Å². The molecule has 5 heteroatoms. The van der Waals surface area contributed by atoms with E-state index >= 15 is 0 Å². The molecule has 0 radical (unpaired) electrons. The van der Waals surface area contributed by atoms with Crippen LogP contribution in [-0.4, -0.2) is 32.2 Å². The van der Waals surface area contributed by atoms with Crippen LogP contribution in [0.2, 0.25) is 0 Å². The molecular formula is C20H23N3O2. The number of hydrogen-bond acceptors (Lipinski definition) is 5. The molecule has 1 atom stereocenters. The van der Waals surface area contributed by atoms with E-state index in [4.69, 9.17) is 9.47 Å². The lowest BCUT2D eigenvalue weighted by molar-refractivity contribution is 0.186. The number of nitrogens with one attached hydrogen (secondary N) is 1. The molecular weight excluding hydrogens is 314 g/mol. The number of methoxy groups -OCH3 is 2. The number of ether oxygens (including phenoxy) is 2.